The van der Waals surface area contributed by atoms with Crippen molar-refractivity contribution in [3.05, 3.63) is 58.4 Å². The molecule has 1 amide bonds. The molecule has 7 heteroatoms. The Morgan fingerprint density at radius 3 is 2.70 bits per heavy atom. The van der Waals surface area contributed by atoms with Crippen LogP contribution in [0.15, 0.2) is 30.3 Å². The maximum Gasteiger partial charge on any atom is 0.260 e. The van der Waals surface area contributed by atoms with Gasteiger partial charge in [-0.15, -0.1) is 0 Å². The van der Waals surface area contributed by atoms with Gasteiger partial charge < -0.3 is 19.3 Å². The van der Waals surface area contributed by atoms with E-state index in [0.29, 0.717) is 37.9 Å². The number of hydrogen-bond acceptors (Lipinski definition) is 5. The minimum absolute atomic E-state index is 0.0240. The number of hydrogen-bond donors (Lipinski definition) is 0. The first-order chi connectivity index (χ1) is 17.7. The van der Waals surface area contributed by atoms with Gasteiger partial charge in [0.2, 0.25) is 0 Å². The molecule has 2 fully saturated rings. The SMILES string of the molecule is CC(C)[C@@H]1CN(c2cc(C3CC3)c3c(c2C#N)CC(C)(C)OC3)CCN1C(=O)COc1cccc(F)c1. The third-order valence-corrected chi connectivity index (χ3v) is 7.91. The number of piperazine rings is 1. The van der Waals surface area contributed by atoms with Crippen LogP contribution in [-0.4, -0.2) is 48.7 Å². The van der Waals surface area contributed by atoms with Crippen LogP contribution in [0.25, 0.3) is 0 Å². The molecule has 2 aromatic rings. The van der Waals surface area contributed by atoms with Crippen LogP contribution in [-0.2, 0) is 22.6 Å². The number of benzene rings is 2. The molecule has 0 spiro atoms. The standard InChI is InChI=1S/C30H36FN3O3/c1-19(2)28-16-33(10-11-34(28)29(35)18-36-22-7-5-6-21(31)12-22)27-13-23(20-8-9-20)26-17-37-30(3,4)14-24(26)25(27)15-32/h5-7,12-13,19-20,28H,8-11,14,16-18H2,1-4H3/t28-/m0/s1. The maximum absolute atomic E-state index is 13.5. The number of carbonyl (C=O) groups is 1. The summed E-state index contributed by atoms with van der Waals surface area (Å²) in [6.07, 6.45) is 3.09. The summed E-state index contributed by atoms with van der Waals surface area (Å²) in [5, 5.41) is 10.3. The largest absolute Gasteiger partial charge is 0.484 e. The number of fused-ring (bicyclic) bond motifs is 1. The lowest BCUT2D eigenvalue weighted by molar-refractivity contribution is -0.137. The first-order valence-corrected chi connectivity index (χ1v) is 13.3. The molecule has 2 aromatic carbocycles. The number of nitrogens with zero attached hydrogens (tertiary/aromatic N) is 3. The van der Waals surface area contributed by atoms with Gasteiger partial charge in [-0.3, -0.25) is 4.79 Å². The summed E-state index contributed by atoms with van der Waals surface area (Å²) in [6, 6.07) is 10.6. The number of halogens is 1. The molecule has 1 atom stereocenters. The Kier molecular flexibility index (Phi) is 6.89. The van der Waals surface area contributed by atoms with Crippen molar-refractivity contribution in [3.63, 3.8) is 0 Å². The second-order valence-electron chi connectivity index (χ2n) is 11.5. The summed E-state index contributed by atoms with van der Waals surface area (Å²) in [5.74, 6) is 0.622. The number of anilines is 1. The van der Waals surface area contributed by atoms with E-state index in [4.69, 9.17) is 9.47 Å². The van der Waals surface area contributed by atoms with Gasteiger partial charge in [0.25, 0.3) is 5.91 Å². The van der Waals surface area contributed by atoms with E-state index in [2.05, 4.69) is 44.7 Å². The molecular formula is C30H36FN3O3. The molecule has 1 saturated carbocycles. The van der Waals surface area contributed by atoms with E-state index in [1.807, 2.05) is 4.90 Å². The van der Waals surface area contributed by atoms with Gasteiger partial charge >= 0.3 is 0 Å². The first-order valence-electron chi connectivity index (χ1n) is 13.3. The Morgan fingerprint density at radius 2 is 2.03 bits per heavy atom. The topological polar surface area (TPSA) is 65.8 Å². The highest BCUT2D eigenvalue weighted by Gasteiger charge is 2.38. The highest BCUT2D eigenvalue weighted by Crippen LogP contribution is 2.47. The van der Waals surface area contributed by atoms with Crippen molar-refractivity contribution in [2.24, 2.45) is 5.92 Å². The fraction of sp³-hybridized carbons (Fsp3) is 0.533. The molecule has 196 valence electrons. The lowest BCUT2D eigenvalue weighted by Gasteiger charge is -2.45. The monoisotopic (exact) mass is 505 g/mol. The second-order valence-corrected chi connectivity index (χ2v) is 11.5. The van der Waals surface area contributed by atoms with Gasteiger partial charge in [0.05, 0.1) is 29.5 Å². The van der Waals surface area contributed by atoms with Gasteiger partial charge in [-0.1, -0.05) is 19.9 Å². The van der Waals surface area contributed by atoms with Crippen LogP contribution in [0.5, 0.6) is 5.75 Å². The van der Waals surface area contributed by atoms with Crippen LogP contribution < -0.4 is 9.64 Å². The van der Waals surface area contributed by atoms with Crippen molar-refractivity contribution in [3.8, 4) is 11.8 Å². The van der Waals surface area contributed by atoms with Crippen LogP contribution >= 0.6 is 0 Å². The molecule has 3 aliphatic rings. The molecule has 0 aromatic heterocycles. The average Bonchev–Trinajstić information content (AvgIpc) is 3.71. The molecule has 37 heavy (non-hydrogen) atoms. The Balaban J connectivity index is 1.39. The van der Waals surface area contributed by atoms with E-state index in [9.17, 15) is 14.4 Å². The van der Waals surface area contributed by atoms with Crippen molar-refractivity contribution in [1.29, 1.82) is 5.26 Å². The van der Waals surface area contributed by atoms with Crippen LogP contribution in [0.2, 0.25) is 0 Å². The summed E-state index contributed by atoms with van der Waals surface area (Å²) in [5.41, 5.74) is 5.14. The lowest BCUT2D eigenvalue weighted by Crippen LogP contribution is -2.58. The predicted molar refractivity (Wildman–Crippen MR) is 140 cm³/mol. The smallest absolute Gasteiger partial charge is 0.260 e. The molecule has 5 rings (SSSR count). The van der Waals surface area contributed by atoms with Crippen molar-refractivity contribution in [1.82, 2.24) is 4.90 Å². The fourth-order valence-corrected chi connectivity index (χ4v) is 5.72. The van der Waals surface area contributed by atoms with E-state index in [-0.39, 0.29) is 30.1 Å². The maximum atomic E-state index is 13.5. The summed E-state index contributed by atoms with van der Waals surface area (Å²) in [7, 11) is 0. The predicted octanol–water partition coefficient (Wildman–Crippen LogP) is 5.18. The highest BCUT2D eigenvalue weighted by molar-refractivity contribution is 5.79. The van der Waals surface area contributed by atoms with Crippen LogP contribution in [0, 0.1) is 23.1 Å². The van der Waals surface area contributed by atoms with Crippen molar-refractivity contribution in [2.45, 2.75) is 71.1 Å². The molecule has 0 unspecified atom stereocenters. The molecule has 0 bridgehead atoms. The average molecular weight is 506 g/mol. The number of ether oxygens (including phenoxy) is 2. The Morgan fingerprint density at radius 1 is 1.24 bits per heavy atom. The molecule has 0 radical (unpaired) electrons. The normalized spacial score (nSPS) is 20.9. The summed E-state index contributed by atoms with van der Waals surface area (Å²) >= 11 is 0. The fourth-order valence-electron chi connectivity index (χ4n) is 5.72. The zero-order valence-electron chi connectivity index (χ0n) is 22.2. The van der Waals surface area contributed by atoms with Gasteiger partial charge in [-0.05, 0) is 73.4 Å². The van der Waals surface area contributed by atoms with E-state index in [1.165, 1.54) is 36.1 Å². The Bertz CT molecular complexity index is 1230. The lowest BCUT2D eigenvalue weighted by atomic mass is 9.83. The molecule has 2 heterocycles. The minimum atomic E-state index is -0.391. The third-order valence-electron chi connectivity index (χ3n) is 7.91. The molecule has 0 N–H and O–H groups in total. The zero-order valence-corrected chi connectivity index (χ0v) is 22.2. The summed E-state index contributed by atoms with van der Waals surface area (Å²) < 4.78 is 25.3. The van der Waals surface area contributed by atoms with E-state index < -0.39 is 5.82 Å². The molecule has 1 aliphatic carbocycles. The number of nitriles is 1. The third kappa shape index (κ3) is 5.31. The molecule has 2 aliphatic heterocycles. The van der Waals surface area contributed by atoms with Gasteiger partial charge in [-0.2, -0.15) is 5.26 Å². The first kappa shape index (κ1) is 25.5. The molecular weight excluding hydrogens is 469 g/mol. The van der Waals surface area contributed by atoms with E-state index >= 15 is 0 Å². The Hall–Kier alpha value is -3.11. The molecule has 6 nitrogen and oxygen atoms in total. The van der Waals surface area contributed by atoms with Gasteiger partial charge in [0.1, 0.15) is 17.6 Å². The number of rotatable bonds is 6. The number of carbonyl (C=O) groups excluding carboxylic acids is 1. The van der Waals surface area contributed by atoms with Crippen molar-refractivity contribution in [2.75, 3.05) is 31.1 Å². The number of amides is 1. The highest BCUT2D eigenvalue weighted by atomic mass is 19.1. The van der Waals surface area contributed by atoms with E-state index in [0.717, 1.165) is 23.2 Å². The van der Waals surface area contributed by atoms with Crippen LogP contribution in [0.1, 0.15) is 68.7 Å². The Labute approximate surface area is 219 Å². The van der Waals surface area contributed by atoms with Crippen molar-refractivity contribution < 1.29 is 18.7 Å². The summed E-state index contributed by atoms with van der Waals surface area (Å²) in [6.45, 7) is 10.7. The second kappa shape index (κ2) is 9.98. The van der Waals surface area contributed by atoms with Gasteiger partial charge in [0, 0.05) is 32.1 Å². The van der Waals surface area contributed by atoms with Gasteiger partial charge in [0.15, 0.2) is 6.61 Å². The van der Waals surface area contributed by atoms with Crippen LogP contribution in [0.4, 0.5) is 10.1 Å². The van der Waals surface area contributed by atoms with E-state index in [1.54, 1.807) is 12.1 Å². The quantitative estimate of drug-likeness (QED) is 0.541. The van der Waals surface area contributed by atoms with Gasteiger partial charge in [-0.25, -0.2) is 4.39 Å². The summed E-state index contributed by atoms with van der Waals surface area (Å²) in [4.78, 5) is 17.4. The zero-order chi connectivity index (χ0) is 26.3. The molecule has 1 saturated heterocycles. The van der Waals surface area contributed by atoms with Crippen LogP contribution in [0.3, 0.4) is 0 Å². The van der Waals surface area contributed by atoms with Crippen molar-refractivity contribution >= 4 is 11.6 Å². The minimum Gasteiger partial charge on any atom is -0.484 e.